The van der Waals surface area contributed by atoms with Gasteiger partial charge in [0.25, 0.3) is 10.0 Å². The van der Waals surface area contributed by atoms with Crippen LogP contribution in [0.15, 0.2) is 77.7 Å². The molecule has 0 saturated heterocycles. The molecule has 0 aliphatic rings. The van der Waals surface area contributed by atoms with Crippen molar-refractivity contribution < 1.29 is 22.4 Å². The van der Waals surface area contributed by atoms with Crippen LogP contribution >= 0.6 is 11.6 Å². The Hall–Kier alpha value is -3.43. The van der Waals surface area contributed by atoms with E-state index in [0.717, 1.165) is 4.31 Å². The highest BCUT2D eigenvalue weighted by molar-refractivity contribution is 7.92. The average Bonchev–Trinajstić information content (AvgIpc) is 2.91. The zero-order valence-corrected chi connectivity index (χ0v) is 23.1. The number of carbonyl (C=O) groups excluding carboxylic acids is 2. The Labute approximate surface area is 228 Å². The van der Waals surface area contributed by atoms with E-state index in [1.165, 1.54) is 48.2 Å². The van der Waals surface area contributed by atoms with Crippen LogP contribution < -0.4 is 9.62 Å². The predicted octanol–water partition coefficient (Wildman–Crippen LogP) is 4.93. The van der Waals surface area contributed by atoms with Crippen molar-refractivity contribution in [1.29, 1.82) is 0 Å². The zero-order valence-electron chi connectivity index (χ0n) is 21.5. The van der Waals surface area contributed by atoms with Gasteiger partial charge in [0.05, 0.1) is 10.6 Å². The van der Waals surface area contributed by atoms with Gasteiger partial charge in [-0.05, 0) is 56.2 Å². The maximum absolute atomic E-state index is 14.6. The van der Waals surface area contributed by atoms with Crippen molar-refractivity contribution in [2.24, 2.45) is 0 Å². The smallest absolute Gasteiger partial charge is 0.264 e. The van der Waals surface area contributed by atoms with Gasteiger partial charge in [-0.1, -0.05) is 61.0 Å². The molecule has 1 N–H and O–H groups in total. The third-order valence-corrected chi connectivity index (χ3v) is 8.07. The Bertz CT molecular complexity index is 1390. The lowest BCUT2D eigenvalue weighted by atomic mass is 10.1. The summed E-state index contributed by atoms with van der Waals surface area (Å²) in [6.07, 6.45) is 0.691. The lowest BCUT2D eigenvalue weighted by Gasteiger charge is -2.32. The maximum atomic E-state index is 14.6. The number of hydrogen-bond donors (Lipinski definition) is 1. The number of nitrogens with one attached hydrogen (secondary N) is 1. The molecule has 10 heteroatoms. The van der Waals surface area contributed by atoms with Gasteiger partial charge in [0, 0.05) is 23.7 Å². The minimum absolute atomic E-state index is 0.0124. The van der Waals surface area contributed by atoms with Gasteiger partial charge >= 0.3 is 0 Å². The molecule has 0 radical (unpaired) electrons. The summed E-state index contributed by atoms with van der Waals surface area (Å²) in [6, 6.07) is 17.4. The molecule has 0 unspecified atom stereocenters. The number of anilines is 1. The molecule has 3 rings (SSSR count). The first kappa shape index (κ1) is 29.1. The van der Waals surface area contributed by atoms with E-state index in [2.05, 4.69) is 5.32 Å². The van der Waals surface area contributed by atoms with Crippen LogP contribution in [0.2, 0.25) is 5.02 Å². The standard InChI is InChI=1S/C28H31ClFN3O4S/c1-4-16-31-28(35)21(3)32(18-22-10-8-9-13-25(22)30)27(34)19-33(26-17-23(29)15-14-20(26)2)38(36,37)24-11-6-5-7-12-24/h5-15,17,21H,4,16,18-19H2,1-3H3,(H,31,35)/t21-/m1/s1. The molecule has 202 valence electrons. The fraction of sp³-hybridized carbons (Fsp3) is 0.286. The van der Waals surface area contributed by atoms with Crippen molar-refractivity contribution in [2.45, 2.75) is 44.7 Å². The SMILES string of the molecule is CCCNC(=O)[C@@H](C)N(Cc1ccccc1F)C(=O)CN(c1cc(Cl)ccc1C)S(=O)(=O)c1ccccc1. The van der Waals surface area contributed by atoms with Crippen LogP contribution in [0.25, 0.3) is 0 Å². The number of sulfonamides is 1. The van der Waals surface area contributed by atoms with Crippen molar-refractivity contribution in [1.82, 2.24) is 10.2 Å². The van der Waals surface area contributed by atoms with Crippen LogP contribution in [0.5, 0.6) is 0 Å². The Balaban J connectivity index is 2.06. The number of carbonyl (C=O) groups is 2. The van der Waals surface area contributed by atoms with Crippen molar-refractivity contribution in [3.05, 3.63) is 94.8 Å². The van der Waals surface area contributed by atoms with E-state index in [4.69, 9.17) is 11.6 Å². The molecule has 0 spiro atoms. The lowest BCUT2D eigenvalue weighted by Crippen LogP contribution is -2.51. The van der Waals surface area contributed by atoms with E-state index in [0.29, 0.717) is 23.6 Å². The van der Waals surface area contributed by atoms with Gasteiger partial charge < -0.3 is 10.2 Å². The number of amides is 2. The molecular formula is C28H31ClFN3O4S. The second-order valence-electron chi connectivity index (χ2n) is 8.84. The summed E-state index contributed by atoms with van der Waals surface area (Å²) in [7, 11) is -4.21. The van der Waals surface area contributed by atoms with Gasteiger partial charge in [0.2, 0.25) is 11.8 Å². The summed E-state index contributed by atoms with van der Waals surface area (Å²) in [5, 5.41) is 3.04. The van der Waals surface area contributed by atoms with Crippen LogP contribution in [-0.4, -0.2) is 44.3 Å². The molecule has 0 saturated carbocycles. The molecular weight excluding hydrogens is 529 g/mol. The Morgan fingerprint density at radius 1 is 1.03 bits per heavy atom. The van der Waals surface area contributed by atoms with Gasteiger partial charge in [-0.25, -0.2) is 12.8 Å². The van der Waals surface area contributed by atoms with Crippen LogP contribution in [0.4, 0.5) is 10.1 Å². The highest BCUT2D eigenvalue weighted by atomic mass is 35.5. The molecule has 0 heterocycles. The molecule has 0 aliphatic carbocycles. The largest absolute Gasteiger partial charge is 0.354 e. The molecule has 1 atom stereocenters. The van der Waals surface area contributed by atoms with Crippen LogP contribution in [0.3, 0.4) is 0 Å². The van der Waals surface area contributed by atoms with Crippen molar-refractivity contribution in [3.8, 4) is 0 Å². The molecule has 3 aromatic rings. The summed E-state index contributed by atoms with van der Waals surface area (Å²) in [4.78, 5) is 27.8. The topological polar surface area (TPSA) is 86.8 Å². The summed E-state index contributed by atoms with van der Waals surface area (Å²) < 4.78 is 43.1. The molecule has 2 amide bonds. The van der Waals surface area contributed by atoms with Gasteiger partial charge in [0.1, 0.15) is 18.4 Å². The van der Waals surface area contributed by atoms with Crippen LogP contribution in [-0.2, 0) is 26.2 Å². The van der Waals surface area contributed by atoms with E-state index in [1.54, 1.807) is 43.3 Å². The Morgan fingerprint density at radius 3 is 2.34 bits per heavy atom. The number of rotatable bonds is 11. The molecule has 3 aromatic carbocycles. The molecule has 0 fully saturated rings. The molecule has 0 aromatic heterocycles. The third-order valence-electron chi connectivity index (χ3n) is 6.07. The van der Waals surface area contributed by atoms with Crippen molar-refractivity contribution >= 4 is 39.1 Å². The predicted molar refractivity (Wildman–Crippen MR) is 147 cm³/mol. The van der Waals surface area contributed by atoms with Gasteiger partial charge in [-0.15, -0.1) is 0 Å². The van der Waals surface area contributed by atoms with Crippen LogP contribution in [0.1, 0.15) is 31.4 Å². The van der Waals surface area contributed by atoms with Crippen molar-refractivity contribution in [3.63, 3.8) is 0 Å². The first-order chi connectivity index (χ1) is 18.1. The normalized spacial score (nSPS) is 12.0. The van der Waals surface area contributed by atoms with E-state index in [1.807, 2.05) is 6.92 Å². The average molecular weight is 560 g/mol. The quantitative estimate of drug-likeness (QED) is 0.361. The Kier molecular flexibility index (Phi) is 9.88. The van der Waals surface area contributed by atoms with E-state index < -0.39 is 40.2 Å². The third kappa shape index (κ3) is 6.90. The maximum Gasteiger partial charge on any atom is 0.264 e. The number of benzene rings is 3. The zero-order chi connectivity index (χ0) is 27.9. The molecule has 38 heavy (non-hydrogen) atoms. The first-order valence-corrected chi connectivity index (χ1v) is 14.0. The van der Waals surface area contributed by atoms with Gasteiger partial charge in [-0.3, -0.25) is 13.9 Å². The summed E-state index contributed by atoms with van der Waals surface area (Å²) >= 11 is 6.21. The van der Waals surface area contributed by atoms with Crippen molar-refractivity contribution in [2.75, 3.05) is 17.4 Å². The van der Waals surface area contributed by atoms with Crippen LogP contribution in [0, 0.1) is 12.7 Å². The number of hydrogen-bond acceptors (Lipinski definition) is 4. The lowest BCUT2D eigenvalue weighted by molar-refractivity contribution is -0.139. The minimum atomic E-state index is -4.21. The van der Waals surface area contributed by atoms with E-state index in [-0.39, 0.29) is 22.7 Å². The minimum Gasteiger partial charge on any atom is -0.354 e. The molecule has 0 bridgehead atoms. The highest BCUT2D eigenvalue weighted by Gasteiger charge is 2.33. The monoisotopic (exact) mass is 559 g/mol. The van der Waals surface area contributed by atoms with Gasteiger partial charge in [-0.2, -0.15) is 0 Å². The first-order valence-electron chi connectivity index (χ1n) is 12.2. The van der Waals surface area contributed by atoms with E-state index >= 15 is 0 Å². The number of aryl methyl sites for hydroxylation is 1. The second-order valence-corrected chi connectivity index (χ2v) is 11.1. The fourth-order valence-electron chi connectivity index (χ4n) is 3.87. The Morgan fingerprint density at radius 2 is 1.68 bits per heavy atom. The summed E-state index contributed by atoms with van der Waals surface area (Å²) in [5.41, 5.74) is 1.01. The summed E-state index contributed by atoms with van der Waals surface area (Å²) in [5.74, 6) is -1.63. The fourth-order valence-corrected chi connectivity index (χ4v) is 5.53. The summed E-state index contributed by atoms with van der Waals surface area (Å²) in [6.45, 7) is 4.69. The number of halogens is 2. The van der Waals surface area contributed by atoms with Gasteiger partial charge in [0.15, 0.2) is 0 Å². The molecule has 0 aliphatic heterocycles. The van der Waals surface area contributed by atoms with E-state index in [9.17, 15) is 22.4 Å². The second kappa shape index (κ2) is 12.9. The highest BCUT2D eigenvalue weighted by Crippen LogP contribution is 2.30. The molecule has 7 nitrogen and oxygen atoms in total. The number of nitrogens with zero attached hydrogens (tertiary/aromatic N) is 2.